The minimum absolute atomic E-state index is 0.106. The normalized spacial score (nSPS) is 16.2. The van der Waals surface area contributed by atoms with Crippen LogP contribution in [0.25, 0.3) is 0 Å². The van der Waals surface area contributed by atoms with E-state index in [1.54, 1.807) is 7.11 Å². The smallest absolute Gasteiger partial charge is 0.230 e. The molecule has 0 radical (unpaired) electrons. The lowest BCUT2D eigenvalue weighted by Gasteiger charge is -2.16. The molecule has 0 saturated heterocycles. The number of para-hydroxylation sites is 1. The van der Waals surface area contributed by atoms with Crippen molar-refractivity contribution in [3.63, 3.8) is 0 Å². The highest BCUT2D eigenvalue weighted by Gasteiger charge is 2.45. The summed E-state index contributed by atoms with van der Waals surface area (Å²) in [6.07, 6.45) is 3.99. The molecule has 98 valence electrons. The molecule has 1 aromatic rings. The molecule has 2 rings (SSSR count). The number of ether oxygens (including phenoxy) is 1. The van der Waals surface area contributed by atoms with E-state index in [-0.39, 0.29) is 11.3 Å². The highest BCUT2D eigenvalue weighted by molar-refractivity contribution is 5.98. The fourth-order valence-electron chi connectivity index (χ4n) is 2.08. The molecule has 0 spiro atoms. The van der Waals surface area contributed by atoms with Gasteiger partial charge in [0.1, 0.15) is 5.75 Å². The van der Waals surface area contributed by atoms with Crippen LogP contribution in [0.2, 0.25) is 0 Å². The van der Waals surface area contributed by atoms with Crippen molar-refractivity contribution in [1.82, 2.24) is 0 Å². The quantitative estimate of drug-likeness (QED) is 0.866. The van der Waals surface area contributed by atoms with E-state index in [1.165, 1.54) is 0 Å². The lowest BCUT2D eigenvalue weighted by atomic mass is 10.1. The second-order valence-corrected chi connectivity index (χ2v) is 5.26. The Kier molecular flexibility index (Phi) is 3.60. The Balaban J connectivity index is 2.21. The number of hydrogen-bond donors (Lipinski definition) is 1. The Morgan fingerprint density at radius 2 is 2.17 bits per heavy atom. The van der Waals surface area contributed by atoms with E-state index in [2.05, 4.69) is 18.3 Å². The molecule has 1 amide bonds. The first-order valence-electron chi connectivity index (χ1n) is 6.58. The first kappa shape index (κ1) is 12.9. The van der Waals surface area contributed by atoms with Gasteiger partial charge in [0.25, 0.3) is 0 Å². The maximum atomic E-state index is 12.1. The molecule has 0 atom stereocenters. The van der Waals surface area contributed by atoms with Crippen LogP contribution in [-0.4, -0.2) is 13.0 Å². The monoisotopic (exact) mass is 247 g/mol. The number of carbonyl (C=O) groups excluding carboxylic acids is 1. The molecule has 3 nitrogen and oxygen atoms in total. The van der Waals surface area contributed by atoms with Gasteiger partial charge in [-0.3, -0.25) is 4.79 Å². The van der Waals surface area contributed by atoms with Crippen LogP contribution < -0.4 is 10.1 Å². The van der Waals surface area contributed by atoms with E-state index >= 15 is 0 Å². The third kappa shape index (κ3) is 2.50. The summed E-state index contributed by atoms with van der Waals surface area (Å²) in [4.78, 5) is 12.1. The summed E-state index contributed by atoms with van der Waals surface area (Å²) in [5.74, 6) is 0.909. The molecule has 18 heavy (non-hydrogen) atoms. The summed E-state index contributed by atoms with van der Waals surface area (Å²) in [5, 5.41) is 3.00. The van der Waals surface area contributed by atoms with Gasteiger partial charge in [-0.1, -0.05) is 32.4 Å². The fraction of sp³-hybridized carbons (Fsp3) is 0.533. The SMILES string of the molecule is CCCc1cccc(NC(=O)C2(C)CC2)c1OC. The Bertz CT molecular complexity index is 450. The summed E-state index contributed by atoms with van der Waals surface area (Å²) < 4.78 is 5.45. The molecule has 3 heteroatoms. The second kappa shape index (κ2) is 5.01. The Labute approximate surface area is 109 Å². The number of anilines is 1. The summed E-state index contributed by atoms with van der Waals surface area (Å²) in [5.41, 5.74) is 1.78. The van der Waals surface area contributed by atoms with E-state index in [0.29, 0.717) is 0 Å². The van der Waals surface area contributed by atoms with Gasteiger partial charge < -0.3 is 10.1 Å². The minimum atomic E-state index is -0.161. The van der Waals surface area contributed by atoms with Gasteiger partial charge in [-0.05, 0) is 30.9 Å². The lowest BCUT2D eigenvalue weighted by Crippen LogP contribution is -2.21. The molecule has 0 aliphatic heterocycles. The van der Waals surface area contributed by atoms with Gasteiger partial charge in [-0.25, -0.2) is 0 Å². The van der Waals surface area contributed by atoms with E-state index in [9.17, 15) is 4.79 Å². The topological polar surface area (TPSA) is 38.3 Å². The minimum Gasteiger partial charge on any atom is -0.494 e. The number of amides is 1. The zero-order chi connectivity index (χ0) is 13.2. The second-order valence-electron chi connectivity index (χ2n) is 5.26. The van der Waals surface area contributed by atoms with Gasteiger partial charge in [0, 0.05) is 5.41 Å². The van der Waals surface area contributed by atoms with Crippen molar-refractivity contribution in [2.75, 3.05) is 12.4 Å². The third-order valence-electron chi connectivity index (χ3n) is 3.62. The van der Waals surface area contributed by atoms with Gasteiger partial charge in [0.05, 0.1) is 12.8 Å². The third-order valence-corrected chi connectivity index (χ3v) is 3.62. The maximum Gasteiger partial charge on any atom is 0.230 e. The molecule has 1 saturated carbocycles. The number of nitrogens with one attached hydrogen (secondary N) is 1. The number of methoxy groups -OCH3 is 1. The first-order valence-corrected chi connectivity index (χ1v) is 6.58. The van der Waals surface area contributed by atoms with E-state index in [0.717, 1.165) is 42.7 Å². The summed E-state index contributed by atoms with van der Waals surface area (Å²) >= 11 is 0. The zero-order valence-electron chi connectivity index (χ0n) is 11.4. The van der Waals surface area contributed by atoms with Crippen molar-refractivity contribution in [3.8, 4) is 5.75 Å². The number of carbonyl (C=O) groups is 1. The van der Waals surface area contributed by atoms with Gasteiger partial charge in [-0.2, -0.15) is 0 Å². The van der Waals surface area contributed by atoms with Crippen LogP contribution in [0.1, 0.15) is 38.7 Å². The summed E-state index contributed by atoms with van der Waals surface area (Å²) in [7, 11) is 1.66. The summed E-state index contributed by atoms with van der Waals surface area (Å²) in [6.45, 7) is 4.14. The van der Waals surface area contributed by atoms with Gasteiger partial charge in [0.2, 0.25) is 5.91 Å². The molecule has 1 N–H and O–H groups in total. The maximum absolute atomic E-state index is 12.1. The van der Waals surface area contributed by atoms with Crippen LogP contribution in [0.5, 0.6) is 5.75 Å². The van der Waals surface area contributed by atoms with Crippen molar-refractivity contribution in [2.24, 2.45) is 5.41 Å². The standard InChI is InChI=1S/C15H21NO2/c1-4-6-11-7-5-8-12(13(11)18-3)16-14(17)15(2)9-10-15/h5,7-8H,4,6,9-10H2,1-3H3,(H,16,17). The predicted molar refractivity (Wildman–Crippen MR) is 73.0 cm³/mol. The van der Waals surface area contributed by atoms with Crippen molar-refractivity contribution in [2.45, 2.75) is 39.5 Å². The number of benzene rings is 1. The van der Waals surface area contributed by atoms with Gasteiger partial charge in [0.15, 0.2) is 0 Å². The molecule has 1 fully saturated rings. The van der Waals surface area contributed by atoms with Crippen molar-refractivity contribution in [3.05, 3.63) is 23.8 Å². The average molecular weight is 247 g/mol. The number of hydrogen-bond acceptors (Lipinski definition) is 2. The molecule has 1 aliphatic rings. The summed E-state index contributed by atoms with van der Waals surface area (Å²) in [6, 6.07) is 5.93. The molecular weight excluding hydrogens is 226 g/mol. The molecule has 0 bridgehead atoms. The molecular formula is C15H21NO2. The van der Waals surface area contributed by atoms with Crippen molar-refractivity contribution >= 4 is 11.6 Å². The first-order chi connectivity index (χ1) is 8.60. The van der Waals surface area contributed by atoms with Crippen molar-refractivity contribution in [1.29, 1.82) is 0 Å². The van der Waals surface area contributed by atoms with Crippen LogP contribution in [0.3, 0.4) is 0 Å². The Hall–Kier alpha value is -1.51. The van der Waals surface area contributed by atoms with Crippen LogP contribution in [0.4, 0.5) is 5.69 Å². The van der Waals surface area contributed by atoms with Gasteiger partial charge in [-0.15, -0.1) is 0 Å². The van der Waals surface area contributed by atoms with Crippen molar-refractivity contribution < 1.29 is 9.53 Å². The van der Waals surface area contributed by atoms with E-state index in [1.807, 2.05) is 19.1 Å². The highest BCUT2D eigenvalue weighted by atomic mass is 16.5. The lowest BCUT2D eigenvalue weighted by molar-refractivity contribution is -0.120. The molecule has 0 heterocycles. The highest BCUT2D eigenvalue weighted by Crippen LogP contribution is 2.46. The number of rotatable bonds is 5. The van der Waals surface area contributed by atoms with Gasteiger partial charge >= 0.3 is 0 Å². The largest absolute Gasteiger partial charge is 0.494 e. The number of aryl methyl sites for hydroxylation is 1. The van der Waals surface area contributed by atoms with Crippen LogP contribution >= 0.6 is 0 Å². The Morgan fingerprint density at radius 3 is 2.72 bits per heavy atom. The zero-order valence-corrected chi connectivity index (χ0v) is 11.4. The fourth-order valence-corrected chi connectivity index (χ4v) is 2.08. The average Bonchev–Trinajstić information content (AvgIpc) is 3.09. The Morgan fingerprint density at radius 1 is 1.44 bits per heavy atom. The molecule has 1 aromatic carbocycles. The van der Waals surface area contributed by atoms with E-state index < -0.39 is 0 Å². The van der Waals surface area contributed by atoms with Crippen LogP contribution in [0, 0.1) is 5.41 Å². The molecule has 0 unspecified atom stereocenters. The predicted octanol–water partition coefficient (Wildman–Crippen LogP) is 3.39. The molecule has 1 aliphatic carbocycles. The van der Waals surface area contributed by atoms with Crippen LogP contribution in [-0.2, 0) is 11.2 Å². The van der Waals surface area contributed by atoms with E-state index in [4.69, 9.17) is 4.74 Å². The molecule has 0 aromatic heterocycles. The van der Waals surface area contributed by atoms with Crippen LogP contribution in [0.15, 0.2) is 18.2 Å².